The van der Waals surface area contributed by atoms with E-state index in [2.05, 4.69) is 0 Å². The van der Waals surface area contributed by atoms with E-state index in [1.807, 2.05) is 0 Å². The summed E-state index contributed by atoms with van der Waals surface area (Å²) in [5.41, 5.74) is -10.8. The predicted molar refractivity (Wildman–Crippen MR) is 211 cm³/mol. The molecule has 8 aromatic rings. The quantitative estimate of drug-likeness (QED) is 0.118. The summed E-state index contributed by atoms with van der Waals surface area (Å²) in [5, 5.41) is 3.97. The van der Waals surface area contributed by atoms with Gasteiger partial charge < -0.3 is 0 Å². The van der Waals surface area contributed by atoms with Gasteiger partial charge in [-0.25, -0.2) is 0 Å². The molecule has 0 fully saturated rings. The third-order valence-electron chi connectivity index (χ3n) is 9.47. The zero-order chi connectivity index (χ0) is 39.6. The normalized spacial score (nSPS) is 12.9. The first kappa shape index (κ1) is 38.2. The minimum absolute atomic E-state index is 0.101. The average molecular weight is 929 g/mol. The van der Waals surface area contributed by atoms with Crippen molar-refractivity contribution in [2.24, 2.45) is 0 Å². The Labute approximate surface area is 327 Å². The minimum atomic E-state index is -5.85. The molecule has 0 spiro atoms. The van der Waals surface area contributed by atoms with Crippen molar-refractivity contribution in [3.8, 4) is 22.3 Å². The Balaban J connectivity index is 1.40. The molecule has 4 nitrogen and oxygen atoms in total. The number of fused-ring (bicyclic) bond motifs is 4. The third kappa shape index (κ3) is 6.38. The summed E-state index contributed by atoms with van der Waals surface area (Å²) in [5.74, 6) is 0. The molecule has 0 amide bonds. The van der Waals surface area contributed by atoms with E-state index in [1.165, 1.54) is 12.1 Å². The number of hydrogen-bond acceptors (Lipinski definition) is 4. The second kappa shape index (κ2) is 14.1. The standard InChI is InChI=1S/C42H24F6O4S2Se2/c43-41(44,45)53(49,50)33-21-17-25-9-1-5-13-29(25)37(33)39-31-15-7-3-11-27(31)19-23-35(39)55-56-36-24-20-28-12-4-8-16-32(28)40(36)38-30-14-6-2-10-26(30)18-22-34(38)54(51,52)42(46,47)48/h1-24H. The number of sulfone groups is 2. The van der Waals surface area contributed by atoms with Crippen molar-refractivity contribution in [3.63, 3.8) is 0 Å². The van der Waals surface area contributed by atoms with E-state index >= 15 is 0 Å². The molecule has 8 aromatic carbocycles. The predicted octanol–water partition coefficient (Wildman–Crippen LogP) is 9.49. The first-order chi connectivity index (χ1) is 26.6. The number of rotatable bonds is 7. The van der Waals surface area contributed by atoms with Crippen LogP contribution in [0.1, 0.15) is 0 Å². The first-order valence-corrected chi connectivity index (χ1v) is 25.7. The van der Waals surface area contributed by atoms with Gasteiger partial charge in [0.1, 0.15) is 0 Å². The van der Waals surface area contributed by atoms with Crippen LogP contribution in [0.3, 0.4) is 0 Å². The Morgan fingerprint density at radius 3 is 0.911 bits per heavy atom. The van der Waals surface area contributed by atoms with E-state index in [0.717, 1.165) is 12.1 Å². The molecule has 14 heteroatoms. The average Bonchev–Trinajstić information content (AvgIpc) is 3.18. The molecule has 0 saturated heterocycles. The van der Waals surface area contributed by atoms with Gasteiger partial charge in [0.05, 0.1) is 0 Å². The van der Waals surface area contributed by atoms with E-state index in [1.54, 1.807) is 121 Å². The van der Waals surface area contributed by atoms with Crippen LogP contribution < -0.4 is 8.92 Å². The van der Waals surface area contributed by atoms with Gasteiger partial charge in [-0.15, -0.1) is 0 Å². The monoisotopic (exact) mass is 930 g/mol. The van der Waals surface area contributed by atoms with Crippen LogP contribution in [-0.2, 0) is 19.7 Å². The molecule has 56 heavy (non-hydrogen) atoms. The first-order valence-electron chi connectivity index (χ1n) is 16.6. The maximum atomic E-state index is 14.3. The number of benzene rings is 8. The Morgan fingerprint density at radius 2 is 0.607 bits per heavy atom. The summed E-state index contributed by atoms with van der Waals surface area (Å²) in [6, 6.07) is 38.8. The number of alkyl halides is 6. The van der Waals surface area contributed by atoms with Crippen molar-refractivity contribution in [3.05, 3.63) is 146 Å². The fraction of sp³-hybridized carbons (Fsp3) is 0.0476. The molecule has 0 radical (unpaired) electrons. The molecular formula is C42H24F6O4S2Se2. The van der Waals surface area contributed by atoms with E-state index < -0.39 is 66.7 Å². The van der Waals surface area contributed by atoms with Gasteiger partial charge in [0, 0.05) is 0 Å². The van der Waals surface area contributed by atoms with Crippen LogP contribution in [-0.4, -0.2) is 54.1 Å². The van der Waals surface area contributed by atoms with Gasteiger partial charge in [0.2, 0.25) is 0 Å². The molecular weight excluding hydrogens is 904 g/mol. The van der Waals surface area contributed by atoms with Crippen molar-refractivity contribution < 1.29 is 43.2 Å². The van der Waals surface area contributed by atoms with Crippen molar-refractivity contribution in [1.29, 1.82) is 0 Å². The Hall–Kier alpha value is -4.68. The van der Waals surface area contributed by atoms with Crippen LogP contribution in [0.5, 0.6) is 0 Å². The molecule has 0 aromatic heterocycles. The summed E-state index contributed by atoms with van der Waals surface area (Å²) < 4.78 is 140. The van der Waals surface area contributed by atoms with Crippen molar-refractivity contribution >= 4 is 98.0 Å². The number of halogens is 6. The zero-order valence-electron chi connectivity index (χ0n) is 28.4. The van der Waals surface area contributed by atoms with Gasteiger partial charge in [-0.2, -0.15) is 0 Å². The molecule has 0 aliphatic carbocycles. The molecule has 0 aliphatic heterocycles. The van der Waals surface area contributed by atoms with Crippen LogP contribution in [0.15, 0.2) is 155 Å². The van der Waals surface area contributed by atoms with E-state index in [4.69, 9.17) is 0 Å². The van der Waals surface area contributed by atoms with Gasteiger partial charge >= 0.3 is 330 Å². The Kier molecular flexibility index (Phi) is 9.59. The van der Waals surface area contributed by atoms with Crippen molar-refractivity contribution in [2.45, 2.75) is 20.8 Å². The Morgan fingerprint density at radius 1 is 0.339 bits per heavy atom. The Bertz CT molecular complexity index is 2900. The molecule has 0 heterocycles. The molecule has 0 bridgehead atoms. The molecule has 282 valence electrons. The SMILES string of the molecule is O=S(=O)(c1ccc2ccccc2c1-c1c([Se][Se]c2ccc3ccccc3c2-c2c(S(=O)(=O)C(F)(F)F)ccc3ccccc23)ccc2ccccc12)C(F)(F)F. The summed E-state index contributed by atoms with van der Waals surface area (Å²) in [6.45, 7) is 0. The maximum absolute atomic E-state index is 14.3. The van der Waals surface area contributed by atoms with Gasteiger partial charge in [-0.05, 0) is 0 Å². The second-order valence-electron chi connectivity index (χ2n) is 12.7. The second-order valence-corrected chi connectivity index (χ2v) is 22.7. The topological polar surface area (TPSA) is 68.3 Å². The molecule has 0 aliphatic rings. The summed E-state index contributed by atoms with van der Waals surface area (Å²) >= 11 is -1.32. The van der Waals surface area contributed by atoms with Gasteiger partial charge in [0.25, 0.3) is 0 Å². The molecule has 0 unspecified atom stereocenters. The van der Waals surface area contributed by atoms with Crippen molar-refractivity contribution in [2.75, 3.05) is 0 Å². The van der Waals surface area contributed by atoms with E-state index in [9.17, 15) is 43.2 Å². The van der Waals surface area contributed by atoms with Crippen molar-refractivity contribution in [1.82, 2.24) is 0 Å². The van der Waals surface area contributed by atoms with Crippen LogP contribution in [0.4, 0.5) is 26.3 Å². The van der Waals surface area contributed by atoms with Gasteiger partial charge in [-0.1, -0.05) is 0 Å². The number of hydrogen-bond donors (Lipinski definition) is 0. The van der Waals surface area contributed by atoms with E-state index in [-0.39, 0.29) is 11.1 Å². The van der Waals surface area contributed by atoms with E-state index in [0.29, 0.717) is 63.1 Å². The molecule has 0 atom stereocenters. The molecule has 0 N–H and O–H groups in total. The van der Waals surface area contributed by atoms with Crippen LogP contribution in [0.25, 0.3) is 65.3 Å². The van der Waals surface area contributed by atoms with Crippen LogP contribution in [0.2, 0.25) is 0 Å². The summed E-state index contributed by atoms with van der Waals surface area (Å²) in [7, 11) is -11.7. The van der Waals surface area contributed by atoms with Gasteiger partial charge in [-0.3, -0.25) is 0 Å². The summed E-state index contributed by atoms with van der Waals surface area (Å²) in [4.78, 5) is -1.79. The third-order valence-corrected chi connectivity index (χ3v) is 19.7. The van der Waals surface area contributed by atoms with Crippen LogP contribution >= 0.6 is 0 Å². The fourth-order valence-corrected chi connectivity index (χ4v) is 16.0. The van der Waals surface area contributed by atoms with Crippen LogP contribution in [0, 0.1) is 0 Å². The fourth-order valence-electron chi connectivity index (χ4n) is 6.96. The molecule has 0 saturated carbocycles. The molecule has 8 rings (SSSR count). The zero-order valence-corrected chi connectivity index (χ0v) is 33.4. The summed E-state index contributed by atoms with van der Waals surface area (Å²) in [6.07, 6.45) is 0. The van der Waals surface area contributed by atoms with Gasteiger partial charge in [0.15, 0.2) is 0 Å².